The zero-order valence-corrected chi connectivity index (χ0v) is 10.0. The number of ketones is 1. The van der Waals surface area contributed by atoms with Crippen molar-refractivity contribution in [2.75, 3.05) is 6.54 Å². The van der Waals surface area contributed by atoms with Gasteiger partial charge in [-0.2, -0.15) is 0 Å². The highest BCUT2D eigenvalue weighted by Gasteiger charge is 2.18. The summed E-state index contributed by atoms with van der Waals surface area (Å²) in [6.45, 7) is 3.49. The first-order chi connectivity index (χ1) is 8.02. The summed E-state index contributed by atoms with van der Waals surface area (Å²) in [7, 11) is 0. The van der Waals surface area contributed by atoms with Crippen LogP contribution in [0.1, 0.15) is 25.5 Å². The van der Waals surface area contributed by atoms with Crippen LogP contribution in [0.15, 0.2) is 30.3 Å². The predicted molar refractivity (Wildman–Crippen MR) is 64.3 cm³/mol. The maximum Gasteiger partial charge on any atom is 0.253 e. The molecule has 92 valence electrons. The van der Waals surface area contributed by atoms with Crippen molar-refractivity contribution in [2.45, 2.75) is 20.0 Å². The molecule has 0 fully saturated rings. The number of carbonyl (C=O) groups excluding carboxylic acids is 2. The monoisotopic (exact) mass is 235 g/mol. The van der Waals surface area contributed by atoms with Gasteiger partial charge in [0.2, 0.25) is 0 Å². The van der Waals surface area contributed by atoms with E-state index in [-0.39, 0.29) is 18.2 Å². The van der Waals surface area contributed by atoms with Gasteiger partial charge in [0.1, 0.15) is 0 Å². The second-order valence-electron chi connectivity index (χ2n) is 4.15. The molecule has 0 aromatic heterocycles. The van der Waals surface area contributed by atoms with E-state index < -0.39 is 12.0 Å². The zero-order chi connectivity index (χ0) is 12.8. The molecule has 0 radical (unpaired) electrons. The van der Waals surface area contributed by atoms with Gasteiger partial charge in [-0.05, 0) is 5.56 Å². The molecular formula is C13H17NO3. The summed E-state index contributed by atoms with van der Waals surface area (Å²) >= 11 is 0. The van der Waals surface area contributed by atoms with Crippen LogP contribution in [-0.4, -0.2) is 23.3 Å². The molecule has 1 atom stereocenters. The van der Waals surface area contributed by atoms with Crippen molar-refractivity contribution in [3.63, 3.8) is 0 Å². The Morgan fingerprint density at radius 2 is 1.82 bits per heavy atom. The third-order valence-corrected chi connectivity index (χ3v) is 2.44. The Labute approximate surface area is 101 Å². The lowest BCUT2D eigenvalue weighted by Crippen LogP contribution is -2.35. The minimum atomic E-state index is -1.23. The number of aliphatic hydroxyl groups excluding tert-OH is 1. The van der Waals surface area contributed by atoms with Gasteiger partial charge in [-0.3, -0.25) is 9.59 Å². The maximum atomic E-state index is 11.6. The average Bonchev–Trinajstić information content (AvgIpc) is 2.35. The van der Waals surface area contributed by atoms with Crippen LogP contribution in [0.2, 0.25) is 0 Å². The second-order valence-corrected chi connectivity index (χ2v) is 4.15. The highest BCUT2D eigenvalue weighted by molar-refractivity contribution is 5.89. The Bertz CT molecular complexity index is 387. The molecule has 0 spiro atoms. The fraction of sp³-hybridized carbons (Fsp3) is 0.385. The summed E-state index contributed by atoms with van der Waals surface area (Å²) in [4.78, 5) is 22.9. The van der Waals surface area contributed by atoms with Gasteiger partial charge >= 0.3 is 0 Å². The van der Waals surface area contributed by atoms with Gasteiger partial charge in [0.05, 0.1) is 6.54 Å². The molecule has 0 aliphatic carbocycles. The Morgan fingerprint density at radius 3 is 2.35 bits per heavy atom. The molecule has 0 aliphatic heterocycles. The lowest BCUT2D eigenvalue weighted by atomic mass is 10.1. The van der Waals surface area contributed by atoms with Gasteiger partial charge in [0, 0.05) is 5.92 Å². The number of amides is 1. The third kappa shape index (κ3) is 4.00. The molecule has 1 unspecified atom stereocenters. The van der Waals surface area contributed by atoms with Crippen molar-refractivity contribution in [3.8, 4) is 0 Å². The van der Waals surface area contributed by atoms with E-state index in [1.54, 1.807) is 44.2 Å². The Balaban J connectivity index is 2.51. The van der Waals surface area contributed by atoms with E-state index in [9.17, 15) is 14.7 Å². The van der Waals surface area contributed by atoms with Crippen molar-refractivity contribution in [1.29, 1.82) is 0 Å². The molecule has 4 nitrogen and oxygen atoms in total. The molecule has 1 aromatic carbocycles. The van der Waals surface area contributed by atoms with Gasteiger partial charge in [-0.15, -0.1) is 0 Å². The number of carbonyl (C=O) groups is 2. The van der Waals surface area contributed by atoms with Crippen LogP contribution >= 0.6 is 0 Å². The Hall–Kier alpha value is -1.68. The van der Waals surface area contributed by atoms with E-state index in [4.69, 9.17) is 0 Å². The van der Waals surface area contributed by atoms with Crippen molar-refractivity contribution < 1.29 is 14.7 Å². The van der Waals surface area contributed by atoms with Crippen LogP contribution in [0, 0.1) is 5.92 Å². The topological polar surface area (TPSA) is 66.4 Å². The van der Waals surface area contributed by atoms with Gasteiger partial charge < -0.3 is 10.4 Å². The summed E-state index contributed by atoms with van der Waals surface area (Å²) in [6.07, 6.45) is -1.23. The van der Waals surface area contributed by atoms with E-state index in [0.29, 0.717) is 5.56 Å². The quantitative estimate of drug-likeness (QED) is 0.802. The molecule has 4 heteroatoms. The van der Waals surface area contributed by atoms with E-state index in [0.717, 1.165) is 0 Å². The van der Waals surface area contributed by atoms with Crippen LogP contribution in [0.25, 0.3) is 0 Å². The fourth-order valence-corrected chi connectivity index (χ4v) is 1.26. The predicted octanol–water partition coefficient (Wildman–Crippen LogP) is 1.06. The SMILES string of the molecule is CC(C)C(=O)CNC(=O)C(O)c1ccccc1. The van der Waals surface area contributed by atoms with Crippen LogP contribution in [0.3, 0.4) is 0 Å². The van der Waals surface area contributed by atoms with Gasteiger partial charge in [-0.1, -0.05) is 44.2 Å². The standard InChI is InChI=1S/C13H17NO3/c1-9(2)11(15)8-14-13(17)12(16)10-6-4-3-5-7-10/h3-7,9,12,16H,8H2,1-2H3,(H,14,17). The molecule has 0 saturated carbocycles. The zero-order valence-electron chi connectivity index (χ0n) is 10.0. The molecule has 0 bridgehead atoms. The highest BCUT2D eigenvalue weighted by Crippen LogP contribution is 2.11. The molecule has 17 heavy (non-hydrogen) atoms. The minimum Gasteiger partial charge on any atom is -0.378 e. The largest absolute Gasteiger partial charge is 0.378 e. The maximum absolute atomic E-state index is 11.6. The number of nitrogens with one attached hydrogen (secondary N) is 1. The first kappa shape index (κ1) is 13.4. The molecule has 1 aromatic rings. The number of hydrogen-bond acceptors (Lipinski definition) is 3. The molecule has 1 amide bonds. The molecule has 1 rings (SSSR count). The van der Waals surface area contributed by atoms with E-state index in [1.807, 2.05) is 0 Å². The van der Waals surface area contributed by atoms with Crippen LogP contribution in [0.5, 0.6) is 0 Å². The van der Waals surface area contributed by atoms with Crippen LogP contribution in [-0.2, 0) is 9.59 Å². The fourth-order valence-electron chi connectivity index (χ4n) is 1.26. The number of hydrogen-bond donors (Lipinski definition) is 2. The third-order valence-electron chi connectivity index (χ3n) is 2.44. The molecule has 0 heterocycles. The second kappa shape index (κ2) is 6.15. The van der Waals surface area contributed by atoms with Gasteiger partial charge in [0.15, 0.2) is 11.9 Å². The molecule has 0 saturated heterocycles. The van der Waals surface area contributed by atoms with Crippen molar-refractivity contribution in [2.24, 2.45) is 5.92 Å². The molecular weight excluding hydrogens is 218 g/mol. The summed E-state index contributed by atoms with van der Waals surface area (Å²) in [5.41, 5.74) is 0.516. The summed E-state index contributed by atoms with van der Waals surface area (Å²) in [6, 6.07) is 8.61. The summed E-state index contributed by atoms with van der Waals surface area (Å²) in [5, 5.41) is 12.1. The Morgan fingerprint density at radius 1 is 1.24 bits per heavy atom. The van der Waals surface area contributed by atoms with E-state index in [1.165, 1.54) is 0 Å². The Kier molecular flexibility index (Phi) is 4.84. The summed E-state index contributed by atoms with van der Waals surface area (Å²) in [5.74, 6) is -0.729. The first-order valence-corrected chi connectivity index (χ1v) is 5.55. The lowest BCUT2D eigenvalue weighted by Gasteiger charge is -2.11. The number of benzene rings is 1. The van der Waals surface area contributed by atoms with Crippen molar-refractivity contribution in [3.05, 3.63) is 35.9 Å². The average molecular weight is 235 g/mol. The number of aliphatic hydroxyl groups is 1. The minimum absolute atomic E-state index is 0.0413. The molecule has 2 N–H and O–H groups in total. The van der Waals surface area contributed by atoms with Crippen LogP contribution < -0.4 is 5.32 Å². The van der Waals surface area contributed by atoms with Crippen molar-refractivity contribution >= 4 is 11.7 Å². The summed E-state index contributed by atoms with van der Waals surface area (Å²) < 4.78 is 0. The van der Waals surface area contributed by atoms with Gasteiger partial charge in [0.25, 0.3) is 5.91 Å². The normalized spacial score (nSPS) is 12.2. The van der Waals surface area contributed by atoms with Crippen LogP contribution in [0.4, 0.5) is 0 Å². The first-order valence-electron chi connectivity index (χ1n) is 5.55. The van der Waals surface area contributed by atoms with Gasteiger partial charge in [-0.25, -0.2) is 0 Å². The smallest absolute Gasteiger partial charge is 0.253 e. The van der Waals surface area contributed by atoms with Crippen molar-refractivity contribution in [1.82, 2.24) is 5.32 Å². The highest BCUT2D eigenvalue weighted by atomic mass is 16.3. The lowest BCUT2D eigenvalue weighted by molar-refractivity contribution is -0.132. The van der Waals surface area contributed by atoms with E-state index >= 15 is 0 Å². The molecule has 0 aliphatic rings. The number of Topliss-reactive ketones (excluding diaryl/α,β-unsaturated/α-hetero) is 1. The van der Waals surface area contributed by atoms with E-state index in [2.05, 4.69) is 5.32 Å². The number of rotatable bonds is 5.